The lowest BCUT2D eigenvalue weighted by atomic mass is 9.89. The molecule has 1 aliphatic rings. The van der Waals surface area contributed by atoms with E-state index in [4.69, 9.17) is 11.6 Å². The summed E-state index contributed by atoms with van der Waals surface area (Å²) in [5, 5.41) is 17.9. The molecule has 1 atom stereocenters. The summed E-state index contributed by atoms with van der Waals surface area (Å²) in [6.07, 6.45) is 0.768. The van der Waals surface area contributed by atoms with E-state index in [0.29, 0.717) is 16.5 Å². The lowest BCUT2D eigenvalue weighted by molar-refractivity contribution is 0.0696. The summed E-state index contributed by atoms with van der Waals surface area (Å²) in [4.78, 5) is 11.6. The van der Waals surface area contributed by atoms with Crippen LogP contribution in [0.1, 0.15) is 47.9 Å². The Labute approximate surface area is 133 Å². The van der Waals surface area contributed by atoms with Gasteiger partial charge in [0, 0.05) is 5.02 Å². The number of aryl methyl sites for hydroxylation is 1. The van der Waals surface area contributed by atoms with E-state index in [2.05, 4.69) is 24.3 Å². The van der Waals surface area contributed by atoms with Gasteiger partial charge in [-0.15, -0.1) is 0 Å². The number of carboxylic acid groups (broad SMARTS) is 1. The van der Waals surface area contributed by atoms with Gasteiger partial charge in [-0.25, -0.2) is 9.48 Å². The van der Waals surface area contributed by atoms with Gasteiger partial charge in [0.2, 0.25) is 0 Å². The largest absolute Gasteiger partial charge is 0.477 e. The number of hydrogen-bond donors (Lipinski definition) is 2. The Morgan fingerprint density at radius 1 is 1.45 bits per heavy atom. The highest BCUT2D eigenvalue weighted by atomic mass is 35.5. The molecule has 116 valence electrons. The minimum absolute atomic E-state index is 0.0506. The van der Waals surface area contributed by atoms with Crippen molar-refractivity contribution < 1.29 is 9.90 Å². The smallest absolute Gasteiger partial charge is 0.341 e. The van der Waals surface area contributed by atoms with Gasteiger partial charge in [0.1, 0.15) is 11.4 Å². The number of hydrogen-bond acceptors (Lipinski definition) is 3. The van der Waals surface area contributed by atoms with Crippen molar-refractivity contribution >= 4 is 23.4 Å². The lowest BCUT2D eigenvalue weighted by Gasteiger charge is -2.38. The number of nitrogens with zero attached hydrogens (tertiary/aromatic N) is 2. The highest BCUT2D eigenvalue weighted by Gasteiger charge is 2.38. The number of rotatable bonds is 2. The van der Waals surface area contributed by atoms with Crippen molar-refractivity contribution in [2.45, 2.75) is 38.8 Å². The molecular formula is C16H18ClN3O2. The molecule has 0 amide bonds. The van der Waals surface area contributed by atoms with Crippen LogP contribution in [0.2, 0.25) is 5.02 Å². The van der Waals surface area contributed by atoms with E-state index in [-0.39, 0.29) is 17.1 Å². The molecule has 5 nitrogen and oxygen atoms in total. The van der Waals surface area contributed by atoms with Gasteiger partial charge in [-0.2, -0.15) is 5.10 Å². The Hall–Kier alpha value is -2.01. The molecule has 2 N–H and O–H groups in total. The molecule has 1 unspecified atom stereocenters. The highest BCUT2D eigenvalue weighted by Crippen LogP contribution is 2.42. The molecule has 0 saturated carbocycles. The van der Waals surface area contributed by atoms with Crippen LogP contribution >= 0.6 is 11.6 Å². The van der Waals surface area contributed by atoms with Gasteiger partial charge in [-0.05, 0) is 38.8 Å². The number of nitrogens with one attached hydrogen (secondary N) is 1. The first-order valence-electron chi connectivity index (χ1n) is 7.15. The normalized spacial score (nSPS) is 19.4. The van der Waals surface area contributed by atoms with Crippen molar-refractivity contribution in [1.29, 1.82) is 0 Å². The van der Waals surface area contributed by atoms with Crippen LogP contribution < -0.4 is 5.32 Å². The van der Waals surface area contributed by atoms with Crippen LogP contribution in [0.5, 0.6) is 0 Å². The Morgan fingerprint density at radius 3 is 2.77 bits per heavy atom. The van der Waals surface area contributed by atoms with Gasteiger partial charge < -0.3 is 10.4 Å². The Balaban J connectivity index is 2.12. The third kappa shape index (κ3) is 2.25. The minimum Gasteiger partial charge on any atom is -0.477 e. The molecular weight excluding hydrogens is 302 g/mol. The van der Waals surface area contributed by atoms with Crippen molar-refractivity contribution in [3.05, 3.63) is 46.1 Å². The molecule has 0 fully saturated rings. The quantitative estimate of drug-likeness (QED) is 0.882. The average Bonchev–Trinajstić information content (AvgIpc) is 2.76. The summed E-state index contributed by atoms with van der Waals surface area (Å²) in [5.74, 6) is -0.423. The maximum Gasteiger partial charge on any atom is 0.341 e. The van der Waals surface area contributed by atoms with E-state index in [1.165, 1.54) is 0 Å². The van der Waals surface area contributed by atoms with Crippen LogP contribution in [0.15, 0.2) is 24.3 Å². The zero-order valence-electron chi connectivity index (χ0n) is 12.7. The van der Waals surface area contributed by atoms with Gasteiger partial charge in [0.25, 0.3) is 0 Å². The molecule has 2 heterocycles. The van der Waals surface area contributed by atoms with Crippen LogP contribution in [0.4, 0.5) is 5.82 Å². The van der Waals surface area contributed by atoms with Crippen molar-refractivity contribution in [3.63, 3.8) is 0 Å². The summed E-state index contributed by atoms with van der Waals surface area (Å²) in [6.45, 7) is 5.83. The van der Waals surface area contributed by atoms with E-state index >= 15 is 0 Å². The predicted molar refractivity (Wildman–Crippen MR) is 85.7 cm³/mol. The summed E-state index contributed by atoms with van der Waals surface area (Å²) in [6, 6.07) is 7.59. The van der Waals surface area contributed by atoms with E-state index in [1.54, 1.807) is 11.6 Å². The van der Waals surface area contributed by atoms with Crippen molar-refractivity contribution in [2.75, 3.05) is 5.32 Å². The fourth-order valence-corrected chi connectivity index (χ4v) is 3.37. The van der Waals surface area contributed by atoms with E-state index < -0.39 is 5.97 Å². The van der Waals surface area contributed by atoms with E-state index in [0.717, 1.165) is 12.0 Å². The summed E-state index contributed by atoms with van der Waals surface area (Å²) in [7, 11) is 0. The van der Waals surface area contributed by atoms with Gasteiger partial charge in [0.15, 0.2) is 0 Å². The number of aromatic nitrogens is 2. The highest BCUT2D eigenvalue weighted by molar-refractivity contribution is 6.31. The van der Waals surface area contributed by atoms with Gasteiger partial charge in [-0.1, -0.05) is 29.8 Å². The summed E-state index contributed by atoms with van der Waals surface area (Å²) < 4.78 is 1.78. The maximum absolute atomic E-state index is 11.6. The number of halogens is 1. The predicted octanol–water partition coefficient (Wildman–Crippen LogP) is 3.84. The molecule has 0 aliphatic carbocycles. The molecule has 1 aromatic carbocycles. The maximum atomic E-state index is 11.6. The Bertz CT molecular complexity index is 752. The second-order valence-electron chi connectivity index (χ2n) is 6.26. The number of aromatic carboxylic acids is 1. The topological polar surface area (TPSA) is 67.2 Å². The second-order valence-corrected chi connectivity index (χ2v) is 6.67. The fourth-order valence-electron chi connectivity index (χ4n) is 3.10. The molecule has 1 aromatic heterocycles. The first-order valence-corrected chi connectivity index (χ1v) is 7.53. The van der Waals surface area contributed by atoms with Crippen molar-refractivity contribution in [3.8, 4) is 0 Å². The van der Waals surface area contributed by atoms with E-state index in [9.17, 15) is 9.90 Å². The average molecular weight is 320 g/mol. The number of anilines is 1. The summed E-state index contributed by atoms with van der Waals surface area (Å²) in [5.41, 5.74) is 1.41. The first-order chi connectivity index (χ1) is 10.3. The SMILES string of the molecule is Cc1nn2c(c1C(=O)O)NC(c1ccccc1Cl)CC2(C)C. The standard InChI is InChI=1S/C16H18ClN3O2/c1-9-13(15(21)22)14-18-12(8-16(2,3)20(14)19-9)10-6-4-5-7-11(10)17/h4-7,12,18H,8H2,1-3H3,(H,21,22). The number of benzene rings is 1. The van der Waals surface area contributed by atoms with Crippen LogP contribution in [0.3, 0.4) is 0 Å². The molecule has 0 bridgehead atoms. The van der Waals surface area contributed by atoms with Crippen molar-refractivity contribution in [2.24, 2.45) is 0 Å². The van der Waals surface area contributed by atoms with E-state index in [1.807, 2.05) is 24.3 Å². The monoisotopic (exact) mass is 319 g/mol. The molecule has 6 heteroatoms. The molecule has 2 aromatic rings. The third-order valence-corrected chi connectivity index (χ3v) is 4.49. The molecule has 22 heavy (non-hydrogen) atoms. The summed E-state index contributed by atoms with van der Waals surface area (Å²) >= 11 is 6.31. The van der Waals surface area contributed by atoms with Crippen LogP contribution in [-0.4, -0.2) is 20.9 Å². The lowest BCUT2D eigenvalue weighted by Crippen LogP contribution is -2.38. The minimum atomic E-state index is -0.971. The van der Waals surface area contributed by atoms with Gasteiger partial charge in [0.05, 0.1) is 17.3 Å². The first kappa shape index (κ1) is 14.9. The Morgan fingerprint density at radius 2 is 2.14 bits per heavy atom. The zero-order chi connectivity index (χ0) is 16.1. The fraction of sp³-hybridized carbons (Fsp3) is 0.375. The molecule has 1 aliphatic heterocycles. The van der Waals surface area contributed by atoms with Crippen LogP contribution in [0, 0.1) is 6.92 Å². The second kappa shape index (κ2) is 5.02. The van der Waals surface area contributed by atoms with Gasteiger partial charge >= 0.3 is 5.97 Å². The van der Waals surface area contributed by atoms with Crippen LogP contribution in [-0.2, 0) is 5.54 Å². The molecule has 0 spiro atoms. The number of carboxylic acids is 1. The number of fused-ring (bicyclic) bond motifs is 1. The third-order valence-electron chi connectivity index (χ3n) is 4.14. The number of carbonyl (C=O) groups is 1. The molecule has 0 radical (unpaired) electrons. The van der Waals surface area contributed by atoms with Gasteiger partial charge in [-0.3, -0.25) is 0 Å². The van der Waals surface area contributed by atoms with Crippen LogP contribution in [0.25, 0.3) is 0 Å². The molecule has 0 saturated heterocycles. The van der Waals surface area contributed by atoms with Crippen molar-refractivity contribution in [1.82, 2.24) is 9.78 Å². The zero-order valence-corrected chi connectivity index (χ0v) is 13.5. The molecule has 3 rings (SSSR count). The Kier molecular flexibility index (Phi) is 3.40.